The third-order valence-corrected chi connectivity index (χ3v) is 7.00. The van der Waals surface area contributed by atoms with Gasteiger partial charge in [-0.2, -0.15) is 25.3 Å². The van der Waals surface area contributed by atoms with E-state index < -0.39 is 51.6 Å². The summed E-state index contributed by atoms with van der Waals surface area (Å²) in [5, 5.41) is 12.9. The highest BCUT2D eigenvalue weighted by Gasteiger charge is 2.73. The van der Waals surface area contributed by atoms with Gasteiger partial charge in [0.05, 0.1) is 0 Å². The van der Waals surface area contributed by atoms with Crippen molar-refractivity contribution in [2.75, 3.05) is 0 Å². The van der Waals surface area contributed by atoms with Crippen LogP contribution in [0.3, 0.4) is 0 Å². The van der Waals surface area contributed by atoms with E-state index in [-0.39, 0.29) is 17.4 Å². The molecule has 0 aromatic heterocycles. The van der Waals surface area contributed by atoms with Crippen molar-refractivity contribution in [2.24, 2.45) is 0 Å². The van der Waals surface area contributed by atoms with Crippen molar-refractivity contribution in [3.05, 3.63) is 0 Å². The lowest BCUT2D eigenvalue weighted by atomic mass is 10.3. The molecule has 0 amide bonds. The van der Waals surface area contributed by atoms with Crippen LogP contribution in [0.4, 0.5) is 0 Å². The minimum Gasteiger partial charge on any atom is -0.480 e. The number of rotatable bonds is 6. The van der Waals surface area contributed by atoms with Gasteiger partial charge >= 0.3 is 36.3 Å². The first-order chi connectivity index (χ1) is 8.51. The summed E-state index contributed by atoms with van der Waals surface area (Å²) in [5.41, 5.74) is 0. The monoisotopic (exact) mass is 388 g/mol. The Bertz CT molecular complexity index is 709. The molecule has 124 valence electrons. The van der Waals surface area contributed by atoms with Crippen LogP contribution < -0.4 is 0 Å². The molecule has 0 spiro atoms. The molecule has 0 radical (unpaired) electrons. The zero-order valence-electron chi connectivity index (χ0n) is 8.80. The van der Waals surface area contributed by atoms with Gasteiger partial charge in [0.1, 0.15) is 0 Å². The molecule has 21 heavy (non-hydrogen) atoms. The Kier molecular flexibility index (Phi) is 6.57. The smallest absolute Gasteiger partial charge is 0.348 e. The Morgan fingerprint density at radius 1 is 0.810 bits per heavy atom. The molecule has 0 aliphatic rings. The summed E-state index contributed by atoms with van der Waals surface area (Å²) in [7, 11) is -19.3. The fraction of sp³-hybridized carbons (Fsp3) is 0.500. The topological polar surface area (TPSA) is 238 Å². The van der Waals surface area contributed by atoms with E-state index in [4.69, 9.17) is 23.9 Å². The van der Waals surface area contributed by atoms with E-state index in [2.05, 4.69) is 0 Å². The van der Waals surface area contributed by atoms with Crippen molar-refractivity contribution in [3.8, 4) is 0 Å². The van der Waals surface area contributed by atoms with Gasteiger partial charge in [0.25, 0.3) is 10.1 Å². The molecule has 0 fully saturated rings. The SMILES string of the molecule is O=C(O)C(C(C(=O)O)(S(=O)(=O)O)S(=O)(=O)O)S(=O)(=O)O.[AlH3]. The molecule has 0 aliphatic heterocycles. The van der Waals surface area contributed by atoms with E-state index in [0.29, 0.717) is 0 Å². The van der Waals surface area contributed by atoms with Crippen molar-refractivity contribution in [1.29, 1.82) is 0 Å². The van der Waals surface area contributed by atoms with Crippen LogP contribution in [0.25, 0.3) is 0 Å². The van der Waals surface area contributed by atoms with Crippen molar-refractivity contribution in [2.45, 2.75) is 9.33 Å². The number of hydrogen-bond donors (Lipinski definition) is 5. The van der Waals surface area contributed by atoms with E-state index in [1.807, 2.05) is 0 Å². The quantitative estimate of drug-likeness (QED) is 0.214. The predicted octanol–water partition coefficient (Wildman–Crippen LogP) is -4.30. The first kappa shape index (κ1) is 22.5. The molecule has 0 aromatic carbocycles. The highest BCUT2D eigenvalue weighted by atomic mass is 32.3. The second-order valence-electron chi connectivity index (χ2n) is 3.16. The lowest BCUT2D eigenvalue weighted by molar-refractivity contribution is -0.144. The van der Waals surface area contributed by atoms with Gasteiger partial charge in [-0.15, -0.1) is 0 Å². The fourth-order valence-electron chi connectivity index (χ4n) is 1.22. The molecule has 13 nitrogen and oxygen atoms in total. The van der Waals surface area contributed by atoms with Gasteiger partial charge in [0, 0.05) is 0 Å². The highest BCUT2D eigenvalue weighted by molar-refractivity contribution is 8.08. The molecule has 0 saturated heterocycles. The number of hydrogen-bond acceptors (Lipinski definition) is 8. The van der Waals surface area contributed by atoms with Gasteiger partial charge in [-0.05, 0) is 0 Å². The molecule has 0 aromatic rings. The Labute approximate surface area is 128 Å². The Morgan fingerprint density at radius 3 is 1.14 bits per heavy atom. The average molecular weight is 388 g/mol. The van der Waals surface area contributed by atoms with Crippen molar-refractivity contribution >= 4 is 59.7 Å². The third kappa shape index (κ3) is 3.70. The first-order valence-electron chi connectivity index (χ1n) is 3.87. The van der Waals surface area contributed by atoms with Gasteiger partial charge in [-0.3, -0.25) is 18.5 Å². The number of aliphatic carboxylic acids is 2. The van der Waals surface area contributed by atoms with Crippen molar-refractivity contribution < 1.29 is 58.7 Å². The fourth-order valence-corrected chi connectivity index (χ4v) is 5.68. The van der Waals surface area contributed by atoms with E-state index >= 15 is 0 Å². The molecular weight excluding hydrogens is 379 g/mol. The second kappa shape index (κ2) is 6.14. The Morgan fingerprint density at radius 2 is 1.10 bits per heavy atom. The third-order valence-electron chi connectivity index (χ3n) is 1.93. The number of carbonyl (C=O) groups is 2. The molecule has 1 unspecified atom stereocenters. The lowest BCUT2D eigenvalue weighted by Crippen LogP contribution is -2.65. The maximum atomic E-state index is 10.9. The van der Waals surface area contributed by atoms with Crippen LogP contribution >= 0.6 is 0 Å². The summed E-state index contributed by atoms with van der Waals surface area (Å²) in [6.07, 6.45) is 0. The highest BCUT2D eigenvalue weighted by Crippen LogP contribution is 2.32. The molecule has 5 N–H and O–H groups in total. The molecule has 17 heteroatoms. The minimum absolute atomic E-state index is 0. The van der Waals surface area contributed by atoms with Crippen molar-refractivity contribution in [3.63, 3.8) is 0 Å². The maximum Gasteiger partial charge on any atom is 0.348 e. The molecule has 0 aliphatic carbocycles. The Balaban J connectivity index is 0. The predicted molar refractivity (Wildman–Crippen MR) is 66.4 cm³/mol. The summed E-state index contributed by atoms with van der Waals surface area (Å²) < 4.78 is 85.9. The standard InChI is InChI=1S/C4H6O13S3.Al.3H/c5-2(6)1(18(9,10)11)4(3(7)8,19(12,13)14)20(15,16)17;;;;/h1H,(H,5,6)(H,7,8)(H,9,10,11)(H,12,13,14)(H,15,16,17);;;;. The molecule has 0 rings (SSSR count). The van der Waals surface area contributed by atoms with Crippen LogP contribution in [0.15, 0.2) is 0 Å². The lowest BCUT2D eigenvalue weighted by Gasteiger charge is -2.26. The molecule has 1 atom stereocenters. The average Bonchev–Trinajstić information content (AvgIpc) is 2.05. The van der Waals surface area contributed by atoms with E-state index in [9.17, 15) is 34.8 Å². The van der Waals surface area contributed by atoms with Crippen LogP contribution in [0.1, 0.15) is 0 Å². The van der Waals surface area contributed by atoms with Gasteiger partial charge in [0.2, 0.25) is 5.25 Å². The minimum atomic E-state index is -6.57. The van der Waals surface area contributed by atoms with Crippen LogP contribution in [0.5, 0.6) is 0 Å². The van der Waals surface area contributed by atoms with Gasteiger partial charge in [-0.25, -0.2) is 4.79 Å². The summed E-state index contributed by atoms with van der Waals surface area (Å²) in [6, 6.07) is 0. The van der Waals surface area contributed by atoms with Crippen LogP contribution in [0, 0.1) is 0 Å². The molecule has 0 heterocycles. The van der Waals surface area contributed by atoms with Gasteiger partial charge < -0.3 is 10.2 Å². The zero-order chi connectivity index (χ0) is 16.7. The van der Waals surface area contributed by atoms with E-state index in [1.54, 1.807) is 0 Å². The van der Waals surface area contributed by atoms with Crippen molar-refractivity contribution in [1.82, 2.24) is 0 Å². The number of carboxylic acids is 2. The number of carboxylic acid groups (broad SMARTS) is 2. The summed E-state index contributed by atoms with van der Waals surface area (Å²) in [4.78, 5) is 21.4. The summed E-state index contributed by atoms with van der Waals surface area (Å²) in [6.45, 7) is 0. The molecule has 0 saturated carbocycles. The maximum absolute atomic E-state index is 10.9. The first-order valence-corrected chi connectivity index (χ1v) is 8.26. The second-order valence-corrected chi connectivity index (χ2v) is 8.10. The van der Waals surface area contributed by atoms with Gasteiger partial charge in [0.15, 0.2) is 17.4 Å². The van der Waals surface area contributed by atoms with Crippen LogP contribution in [-0.2, 0) is 39.9 Å². The Hall–Kier alpha value is -0.798. The largest absolute Gasteiger partial charge is 0.480 e. The van der Waals surface area contributed by atoms with Crippen LogP contribution in [-0.4, -0.2) is 87.8 Å². The van der Waals surface area contributed by atoms with Crippen LogP contribution in [0.2, 0.25) is 0 Å². The summed E-state index contributed by atoms with van der Waals surface area (Å²) in [5.74, 6) is -6.22. The molecular formula is C4H9AlO13S3. The van der Waals surface area contributed by atoms with Gasteiger partial charge in [-0.1, -0.05) is 0 Å². The van der Waals surface area contributed by atoms with E-state index in [1.165, 1.54) is 0 Å². The zero-order valence-corrected chi connectivity index (χ0v) is 11.3. The normalized spacial score (nSPS) is 14.8. The molecule has 0 bridgehead atoms. The summed E-state index contributed by atoms with van der Waals surface area (Å²) >= 11 is 0. The van der Waals surface area contributed by atoms with E-state index in [0.717, 1.165) is 0 Å².